The molecule has 1 aromatic heterocycles. The first-order valence-corrected chi connectivity index (χ1v) is 11.5. The van der Waals surface area contributed by atoms with Crippen molar-refractivity contribution in [1.82, 2.24) is 4.57 Å². The number of benzene rings is 1. The number of nitrogens with zero attached hydrogens (tertiary/aromatic N) is 2. The molecule has 0 spiro atoms. The normalized spacial score (nSPS) is 14.0. The van der Waals surface area contributed by atoms with E-state index in [2.05, 4.69) is 10.3 Å². The maximum atomic E-state index is 14.5. The van der Waals surface area contributed by atoms with E-state index in [1.54, 1.807) is 11.6 Å². The lowest BCUT2D eigenvalue weighted by atomic mass is 9.92. The monoisotopic (exact) mass is 478 g/mol. The van der Waals surface area contributed by atoms with E-state index in [1.165, 1.54) is 28.0 Å². The average Bonchev–Trinajstić information content (AvgIpc) is 3.17. The molecule has 180 valence electrons. The van der Waals surface area contributed by atoms with Crippen LogP contribution in [0.25, 0.3) is 0 Å². The predicted molar refractivity (Wildman–Crippen MR) is 125 cm³/mol. The zero-order valence-corrected chi connectivity index (χ0v) is 20.4. The number of amides is 2. The summed E-state index contributed by atoms with van der Waals surface area (Å²) in [6.45, 7) is 9.37. The molecule has 2 amide bonds. The molecule has 2 aromatic rings. The summed E-state index contributed by atoms with van der Waals surface area (Å²) in [6, 6.07) is 3.02. The quantitative estimate of drug-likeness (QED) is 0.562. The largest absolute Gasteiger partial charge is 0.443 e. The molecule has 2 unspecified atom stereocenters. The number of hydrogen-bond acceptors (Lipinski definition) is 6. The minimum atomic E-state index is -0.735. The van der Waals surface area contributed by atoms with Crippen molar-refractivity contribution in [2.45, 2.75) is 60.2 Å². The first-order chi connectivity index (χ1) is 15.4. The molecule has 10 heteroatoms. The number of hydrogen-bond donors (Lipinski definition) is 2. The number of nitrogens with one attached hydrogen (secondary N) is 1. The number of anilines is 1. The Morgan fingerprint density at radius 2 is 2.00 bits per heavy atom. The van der Waals surface area contributed by atoms with E-state index in [1.807, 2.05) is 34.6 Å². The number of aromatic nitrogens is 1. The summed E-state index contributed by atoms with van der Waals surface area (Å²) >= 11 is 1.17. The molecule has 2 rings (SSSR count). The van der Waals surface area contributed by atoms with Crippen LogP contribution in [-0.4, -0.2) is 28.4 Å². The van der Waals surface area contributed by atoms with Gasteiger partial charge in [-0.3, -0.25) is 19.0 Å². The minimum Gasteiger partial charge on any atom is -0.443 e. The van der Waals surface area contributed by atoms with Crippen LogP contribution in [0.3, 0.4) is 0 Å². The molecule has 0 bridgehead atoms. The standard InChI is InChI=1S/C23H31FN4O4S/c1-6-14(2)19(25)21(31)32-13-28-9-10-33-22(28)27-20(30)15-7-8-17(16(24)11-15)26-18(29)12-23(3,4)5/h7-11,14,19H,6,12-13,25H2,1-5H3,(H,26,29)/b27-22-. The van der Waals surface area contributed by atoms with Crippen molar-refractivity contribution in [3.8, 4) is 0 Å². The maximum Gasteiger partial charge on any atom is 0.324 e. The molecule has 2 atom stereocenters. The van der Waals surface area contributed by atoms with Gasteiger partial charge in [-0.05, 0) is 29.5 Å². The Bertz CT molecular complexity index is 1070. The zero-order valence-electron chi connectivity index (χ0n) is 19.6. The second-order valence-electron chi connectivity index (χ2n) is 9.06. The van der Waals surface area contributed by atoms with Gasteiger partial charge >= 0.3 is 5.97 Å². The molecule has 0 fully saturated rings. The third kappa shape index (κ3) is 7.90. The summed E-state index contributed by atoms with van der Waals surface area (Å²) in [6.07, 6.45) is 2.59. The Morgan fingerprint density at radius 3 is 2.61 bits per heavy atom. The molecule has 3 N–H and O–H groups in total. The second kappa shape index (κ2) is 11.3. The Labute approximate surface area is 196 Å². The van der Waals surface area contributed by atoms with Crippen molar-refractivity contribution >= 4 is 34.8 Å². The van der Waals surface area contributed by atoms with Gasteiger partial charge in [-0.25, -0.2) is 4.39 Å². The minimum absolute atomic E-state index is 0.00320. The lowest BCUT2D eigenvalue weighted by Gasteiger charge is -2.17. The fourth-order valence-electron chi connectivity index (χ4n) is 2.78. The van der Waals surface area contributed by atoms with Gasteiger partial charge in [0.1, 0.15) is 11.9 Å². The molecular formula is C23H31FN4O4S. The highest BCUT2D eigenvalue weighted by molar-refractivity contribution is 7.07. The van der Waals surface area contributed by atoms with Crippen LogP contribution in [0, 0.1) is 17.2 Å². The van der Waals surface area contributed by atoms with Crippen LogP contribution in [-0.2, 0) is 21.1 Å². The van der Waals surface area contributed by atoms with Crippen molar-refractivity contribution < 1.29 is 23.5 Å². The van der Waals surface area contributed by atoms with E-state index in [0.29, 0.717) is 0 Å². The smallest absolute Gasteiger partial charge is 0.324 e. The van der Waals surface area contributed by atoms with E-state index in [-0.39, 0.29) is 46.4 Å². The highest BCUT2D eigenvalue weighted by Gasteiger charge is 2.21. The van der Waals surface area contributed by atoms with Gasteiger partial charge in [0.25, 0.3) is 5.91 Å². The van der Waals surface area contributed by atoms with Gasteiger partial charge in [-0.1, -0.05) is 41.0 Å². The summed E-state index contributed by atoms with van der Waals surface area (Å²) in [5, 5.41) is 4.20. The van der Waals surface area contributed by atoms with Gasteiger partial charge in [0.15, 0.2) is 11.5 Å². The summed E-state index contributed by atoms with van der Waals surface area (Å²) in [5.41, 5.74) is 5.66. The van der Waals surface area contributed by atoms with Crippen molar-refractivity contribution in [2.75, 3.05) is 5.32 Å². The topological polar surface area (TPSA) is 116 Å². The van der Waals surface area contributed by atoms with Crippen LogP contribution in [0.15, 0.2) is 34.8 Å². The van der Waals surface area contributed by atoms with Crippen molar-refractivity contribution in [3.63, 3.8) is 0 Å². The number of carbonyl (C=O) groups excluding carboxylic acids is 3. The molecule has 0 saturated carbocycles. The predicted octanol–water partition coefficient (Wildman–Crippen LogP) is 3.68. The number of ether oxygens (including phenoxy) is 1. The van der Waals surface area contributed by atoms with Crippen molar-refractivity contribution in [3.05, 3.63) is 46.0 Å². The number of thiazole rings is 1. The highest BCUT2D eigenvalue weighted by Crippen LogP contribution is 2.21. The van der Waals surface area contributed by atoms with Crippen LogP contribution in [0.4, 0.5) is 10.1 Å². The number of rotatable bonds is 8. The van der Waals surface area contributed by atoms with E-state index in [0.717, 1.165) is 12.5 Å². The lowest BCUT2D eigenvalue weighted by Crippen LogP contribution is -2.38. The van der Waals surface area contributed by atoms with Crippen LogP contribution in [0.2, 0.25) is 0 Å². The van der Waals surface area contributed by atoms with Gasteiger partial charge in [0.2, 0.25) is 5.91 Å². The molecule has 0 saturated heterocycles. The Morgan fingerprint density at radius 1 is 1.30 bits per heavy atom. The number of halogens is 1. The van der Waals surface area contributed by atoms with E-state index in [9.17, 15) is 18.8 Å². The van der Waals surface area contributed by atoms with Crippen LogP contribution in [0.1, 0.15) is 57.8 Å². The number of nitrogens with two attached hydrogens (primary N) is 1. The first kappa shape index (κ1) is 26.4. The highest BCUT2D eigenvalue weighted by atomic mass is 32.1. The van der Waals surface area contributed by atoms with Crippen molar-refractivity contribution in [2.24, 2.45) is 22.1 Å². The van der Waals surface area contributed by atoms with E-state index < -0.39 is 23.7 Å². The summed E-state index contributed by atoms with van der Waals surface area (Å²) in [7, 11) is 0. The van der Waals surface area contributed by atoms with Gasteiger partial charge in [0, 0.05) is 23.6 Å². The molecule has 0 aliphatic rings. The Balaban J connectivity index is 2.10. The fraction of sp³-hybridized carbons (Fsp3) is 0.478. The zero-order chi connectivity index (χ0) is 24.8. The average molecular weight is 479 g/mol. The van der Waals surface area contributed by atoms with Crippen LogP contribution >= 0.6 is 11.3 Å². The van der Waals surface area contributed by atoms with Crippen LogP contribution < -0.4 is 15.9 Å². The van der Waals surface area contributed by atoms with Gasteiger partial charge in [-0.15, -0.1) is 11.3 Å². The molecule has 1 heterocycles. The van der Waals surface area contributed by atoms with Crippen LogP contribution in [0.5, 0.6) is 0 Å². The Hall–Kier alpha value is -2.85. The molecule has 0 aliphatic carbocycles. The van der Waals surface area contributed by atoms with E-state index >= 15 is 0 Å². The Kier molecular flexibility index (Phi) is 9.07. The maximum absolute atomic E-state index is 14.5. The molecule has 8 nitrogen and oxygen atoms in total. The summed E-state index contributed by atoms with van der Waals surface area (Å²) in [4.78, 5) is 41.0. The number of esters is 1. The first-order valence-electron chi connectivity index (χ1n) is 10.7. The third-order valence-corrected chi connectivity index (χ3v) is 5.71. The third-order valence-electron chi connectivity index (χ3n) is 4.91. The molecule has 1 aromatic carbocycles. The molecule has 0 radical (unpaired) electrons. The second-order valence-corrected chi connectivity index (χ2v) is 9.93. The van der Waals surface area contributed by atoms with Gasteiger partial charge in [0.05, 0.1) is 5.69 Å². The lowest BCUT2D eigenvalue weighted by molar-refractivity contribution is -0.150. The van der Waals surface area contributed by atoms with E-state index in [4.69, 9.17) is 10.5 Å². The van der Waals surface area contributed by atoms with Gasteiger partial charge in [-0.2, -0.15) is 4.99 Å². The SMILES string of the molecule is CCC(C)C(N)C(=O)OCn1ccs/c1=N\C(=O)c1ccc(NC(=O)CC(C)(C)C)c(F)c1. The number of carbonyl (C=O) groups is 3. The summed E-state index contributed by atoms with van der Waals surface area (Å²) in [5.74, 6) is -2.27. The summed E-state index contributed by atoms with van der Waals surface area (Å²) < 4.78 is 21.2. The molecular weight excluding hydrogens is 447 g/mol. The fourth-order valence-corrected chi connectivity index (χ4v) is 3.49. The van der Waals surface area contributed by atoms with Crippen molar-refractivity contribution in [1.29, 1.82) is 0 Å². The molecule has 33 heavy (non-hydrogen) atoms. The van der Waals surface area contributed by atoms with Gasteiger partial charge < -0.3 is 15.8 Å². The molecule has 0 aliphatic heterocycles.